The van der Waals surface area contributed by atoms with Crippen LogP contribution >= 0.6 is 0 Å². The Labute approximate surface area is 91.6 Å². The van der Waals surface area contributed by atoms with Crippen molar-refractivity contribution in [3.63, 3.8) is 0 Å². The number of para-hydroxylation sites is 1. The van der Waals surface area contributed by atoms with Gasteiger partial charge < -0.3 is 10.1 Å². The Bertz CT molecular complexity index is 322. The summed E-state index contributed by atoms with van der Waals surface area (Å²) in [5, 5.41) is 3.35. The van der Waals surface area contributed by atoms with Crippen molar-refractivity contribution in [2.75, 3.05) is 19.7 Å². The van der Waals surface area contributed by atoms with E-state index in [1.165, 1.54) is 17.5 Å². The van der Waals surface area contributed by atoms with Crippen molar-refractivity contribution >= 4 is 0 Å². The van der Waals surface area contributed by atoms with Gasteiger partial charge in [0.1, 0.15) is 5.75 Å². The standard InChI is InChI=1S/C13H19NO/c1-2-14-9-8-12-6-3-5-11-7-4-10-15-13(11)12/h3,5-6,14H,2,4,7-10H2,1H3. The van der Waals surface area contributed by atoms with Crippen LogP contribution in [0.2, 0.25) is 0 Å². The summed E-state index contributed by atoms with van der Waals surface area (Å²) >= 11 is 0. The molecule has 1 N–H and O–H groups in total. The summed E-state index contributed by atoms with van der Waals surface area (Å²) in [6.07, 6.45) is 3.39. The van der Waals surface area contributed by atoms with E-state index in [2.05, 4.69) is 30.4 Å². The maximum absolute atomic E-state index is 5.76. The molecule has 0 spiro atoms. The monoisotopic (exact) mass is 205 g/mol. The van der Waals surface area contributed by atoms with Crippen LogP contribution in [0.25, 0.3) is 0 Å². The second-order valence-corrected chi connectivity index (χ2v) is 3.96. The second-order valence-electron chi connectivity index (χ2n) is 3.96. The van der Waals surface area contributed by atoms with E-state index in [0.717, 1.165) is 38.3 Å². The lowest BCUT2D eigenvalue weighted by molar-refractivity contribution is 0.285. The van der Waals surface area contributed by atoms with Gasteiger partial charge in [-0.2, -0.15) is 0 Å². The van der Waals surface area contributed by atoms with Gasteiger partial charge in [0.2, 0.25) is 0 Å². The molecule has 1 aliphatic rings. The molecule has 2 heteroatoms. The Morgan fingerprint density at radius 1 is 1.40 bits per heavy atom. The van der Waals surface area contributed by atoms with Crippen molar-refractivity contribution in [3.8, 4) is 5.75 Å². The van der Waals surface area contributed by atoms with E-state index in [9.17, 15) is 0 Å². The van der Waals surface area contributed by atoms with Crippen LogP contribution in [0.3, 0.4) is 0 Å². The van der Waals surface area contributed by atoms with Crippen molar-refractivity contribution in [2.24, 2.45) is 0 Å². The molecule has 0 atom stereocenters. The van der Waals surface area contributed by atoms with Crippen LogP contribution in [0.15, 0.2) is 18.2 Å². The van der Waals surface area contributed by atoms with E-state index in [1.807, 2.05) is 0 Å². The zero-order valence-electron chi connectivity index (χ0n) is 9.38. The molecule has 0 aromatic heterocycles. The fourth-order valence-corrected chi connectivity index (χ4v) is 2.05. The molecule has 0 saturated carbocycles. The van der Waals surface area contributed by atoms with Crippen molar-refractivity contribution in [1.29, 1.82) is 0 Å². The van der Waals surface area contributed by atoms with Gasteiger partial charge in [0.25, 0.3) is 0 Å². The maximum atomic E-state index is 5.76. The largest absolute Gasteiger partial charge is 0.493 e. The summed E-state index contributed by atoms with van der Waals surface area (Å²) in [6.45, 7) is 5.09. The predicted octanol–water partition coefficient (Wildman–Crippen LogP) is 2.16. The number of likely N-dealkylation sites (N-methyl/N-ethyl adjacent to an activating group) is 1. The van der Waals surface area contributed by atoms with Gasteiger partial charge in [0.05, 0.1) is 6.61 Å². The normalized spacial score (nSPS) is 14.5. The van der Waals surface area contributed by atoms with E-state index in [0.29, 0.717) is 0 Å². The van der Waals surface area contributed by atoms with Crippen LogP contribution < -0.4 is 10.1 Å². The van der Waals surface area contributed by atoms with Crippen LogP contribution in [-0.2, 0) is 12.8 Å². The number of hydrogen-bond acceptors (Lipinski definition) is 2. The molecular weight excluding hydrogens is 186 g/mol. The van der Waals surface area contributed by atoms with E-state index >= 15 is 0 Å². The van der Waals surface area contributed by atoms with E-state index in [1.54, 1.807) is 0 Å². The van der Waals surface area contributed by atoms with Crippen LogP contribution in [-0.4, -0.2) is 19.7 Å². The highest BCUT2D eigenvalue weighted by atomic mass is 16.5. The molecule has 1 aromatic carbocycles. The molecule has 2 rings (SSSR count). The molecule has 0 amide bonds. The van der Waals surface area contributed by atoms with E-state index in [-0.39, 0.29) is 0 Å². The summed E-state index contributed by atoms with van der Waals surface area (Å²) in [6, 6.07) is 6.52. The van der Waals surface area contributed by atoms with Crippen LogP contribution in [0, 0.1) is 0 Å². The molecule has 0 saturated heterocycles. The fourth-order valence-electron chi connectivity index (χ4n) is 2.05. The van der Waals surface area contributed by atoms with Gasteiger partial charge in [0.15, 0.2) is 0 Å². The molecular formula is C13H19NO. The first-order valence-corrected chi connectivity index (χ1v) is 5.86. The Kier molecular flexibility index (Phi) is 3.62. The Balaban J connectivity index is 2.09. The summed E-state index contributed by atoms with van der Waals surface area (Å²) in [7, 11) is 0. The third-order valence-corrected chi connectivity index (χ3v) is 2.84. The van der Waals surface area contributed by atoms with Gasteiger partial charge in [-0.25, -0.2) is 0 Å². The van der Waals surface area contributed by atoms with E-state index in [4.69, 9.17) is 4.74 Å². The highest BCUT2D eigenvalue weighted by Crippen LogP contribution is 2.28. The van der Waals surface area contributed by atoms with Crippen molar-refractivity contribution in [3.05, 3.63) is 29.3 Å². The van der Waals surface area contributed by atoms with Crippen molar-refractivity contribution in [1.82, 2.24) is 5.32 Å². The molecule has 0 unspecified atom stereocenters. The van der Waals surface area contributed by atoms with Crippen LogP contribution in [0.4, 0.5) is 0 Å². The molecule has 0 aliphatic carbocycles. The van der Waals surface area contributed by atoms with E-state index < -0.39 is 0 Å². The second kappa shape index (κ2) is 5.17. The zero-order chi connectivity index (χ0) is 10.5. The number of benzene rings is 1. The number of nitrogens with one attached hydrogen (secondary N) is 1. The highest BCUT2D eigenvalue weighted by Gasteiger charge is 2.13. The van der Waals surface area contributed by atoms with Gasteiger partial charge in [-0.15, -0.1) is 0 Å². The SMILES string of the molecule is CCNCCc1cccc2c1OCCC2. The topological polar surface area (TPSA) is 21.3 Å². The predicted molar refractivity (Wildman–Crippen MR) is 62.5 cm³/mol. The summed E-state index contributed by atoms with van der Waals surface area (Å²) in [5.74, 6) is 1.15. The quantitative estimate of drug-likeness (QED) is 0.761. The van der Waals surface area contributed by atoms with Crippen molar-refractivity contribution in [2.45, 2.75) is 26.2 Å². The summed E-state index contributed by atoms with van der Waals surface area (Å²) in [5.41, 5.74) is 2.74. The smallest absolute Gasteiger partial charge is 0.125 e. The molecule has 0 bridgehead atoms. The maximum Gasteiger partial charge on any atom is 0.125 e. The van der Waals surface area contributed by atoms with Gasteiger partial charge >= 0.3 is 0 Å². The van der Waals surface area contributed by atoms with Gasteiger partial charge in [0, 0.05) is 0 Å². The highest BCUT2D eigenvalue weighted by molar-refractivity contribution is 5.42. The number of hydrogen-bond donors (Lipinski definition) is 1. The minimum atomic E-state index is 0.880. The summed E-state index contributed by atoms with van der Waals surface area (Å²) < 4.78 is 5.76. The molecule has 2 nitrogen and oxygen atoms in total. The molecule has 82 valence electrons. The number of ether oxygens (including phenoxy) is 1. The van der Waals surface area contributed by atoms with Crippen LogP contribution in [0.1, 0.15) is 24.5 Å². The first kappa shape index (κ1) is 10.5. The minimum Gasteiger partial charge on any atom is -0.493 e. The lowest BCUT2D eigenvalue weighted by Crippen LogP contribution is -2.17. The molecule has 1 aliphatic heterocycles. The zero-order valence-corrected chi connectivity index (χ0v) is 9.38. The fraction of sp³-hybridized carbons (Fsp3) is 0.538. The molecule has 1 aromatic rings. The first-order chi connectivity index (χ1) is 7.42. The Morgan fingerprint density at radius 2 is 2.33 bits per heavy atom. The minimum absolute atomic E-state index is 0.880. The lowest BCUT2D eigenvalue weighted by Gasteiger charge is -2.20. The van der Waals surface area contributed by atoms with Gasteiger partial charge in [-0.05, 0) is 43.5 Å². The van der Waals surface area contributed by atoms with Gasteiger partial charge in [-0.1, -0.05) is 25.1 Å². The Hall–Kier alpha value is -1.02. The Morgan fingerprint density at radius 3 is 3.20 bits per heavy atom. The average Bonchev–Trinajstić information content (AvgIpc) is 2.30. The molecule has 1 heterocycles. The van der Waals surface area contributed by atoms with Gasteiger partial charge in [-0.3, -0.25) is 0 Å². The number of fused-ring (bicyclic) bond motifs is 1. The third-order valence-electron chi connectivity index (χ3n) is 2.84. The lowest BCUT2D eigenvalue weighted by atomic mass is 10.0. The summed E-state index contributed by atoms with van der Waals surface area (Å²) in [4.78, 5) is 0. The molecule has 15 heavy (non-hydrogen) atoms. The van der Waals surface area contributed by atoms with Crippen molar-refractivity contribution < 1.29 is 4.74 Å². The van der Waals surface area contributed by atoms with Crippen LogP contribution in [0.5, 0.6) is 5.75 Å². The molecule has 0 radical (unpaired) electrons. The molecule has 0 fully saturated rings. The average molecular weight is 205 g/mol. The number of aryl methyl sites for hydroxylation is 1. The third kappa shape index (κ3) is 2.51. The first-order valence-electron chi connectivity index (χ1n) is 5.86. The number of rotatable bonds is 4.